The number of hydrogen-bond acceptors (Lipinski definition) is 2. The molecule has 15 heavy (non-hydrogen) atoms. The van der Waals surface area contributed by atoms with Gasteiger partial charge in [-0.2, -0.15) is 0 Å². The van der Waals surface area contributed by atoms with Gasteiger partial charge in [-0.1, -0.05) is 37.3 Å². The van der Waals surface area contributed by atoms with Crippen molar-refractivity contribution in [1.82, 2.24) is 5.32 Å². The monoisotopic (exact) mass is 207 g/mol. The van der Waals surface area contributed by atoms with Crippen LogP contribution in [0.2, 0.25) is 0 Å². The van der Waals surface area contributed by atoms with Gasteiger partial charge in [0.25, 0.3) is 0 Å². The Labute approximate surface area is 92.3 Å². The van der Waals surface area contributed by atoms with E-state index in [9.17, 15) is 5.11 Å². The molecule has 0 saturated carbocycles. The number of hydrogen-bond donors (Lipinski definition) is 2. The molecule has 0 aromatic heterocycles. The van der Waals surface area contributed by atoms with Gasteiger partial charge in [0.2, 0.25) is 0 Å². The van der Waals surface area contributed by atoms with Gasteiger partial charge in [0.05, 0.1) is 6.10 Å². The summed E-state index contributed by atoms with van der Waals surface area (Å²) in [6, 6.07) is 10.5. The molecule has 0 aliphatic rings. The standard InChI is InChI=1S/C13H21NO/c1-2-13(15)11-14-10-6-9-12-7-4-3-5-8-12/h3-5,7-8,13-15H,2,6,9-11H2,1H3. The highest BCUT2D eigenvalue weighted by atomic mass is 16.3. The third kappa shape index (κ3) is 5.55. The zero-order chi connectivity index (χ0) is 10.9. The molecule has 1 atom stereocenters. The maximum absolute atomic E-state index is 9.31. The molecular weight excluding hydrogens is 186 g/mol. The summed E-state index contributed by atoms with van der Waals surface area (Å²) in [5.74, 6) is 0. The normalized spacial score (nSPS) is 12.7. The van der Waals surface area contributed by atoms with E-state index in [-0.39, 0.29) is 6.10 Å². The molecule has 0 aliphatic heterocycles. The quantitative estimate of drug-likeness (QED) is 0.670. The first-order chi connectivity index (χ1) is 7.33. The van der Waals surface area contributed by atoms with Crippen LogP contribution >= 0.6 is 0 Å². The lowest BCUT2D eigenvalue weighted by atomic mass is 10.1. The lowest BCUT2D eigenvalue weighted by Gasteiger charge is -2.08. The molecule has 2 heteroatoms. The van der Waals surface area contributed by atoms with Crippen molar-refractivity contribution in [3.05, 3.63) is 35.9 Å². The molecule has 1 unspecified atom stereocenters. The van der Waals surface area contributed by atoms with Crippen LogP contribution in [-0.4, -0.2) is 24.3 Å². The molecule has 2 N–H and O–H groups in total. The summed E-state index contributed by atoms with van der Waals surface area (Å²) in [7, 11) is 0. The van der Waals surface area contributed by atoms with Crippen molar-refractivity contribution < 1.29 is 5.11 Å². The molecule has 0 saturated heterocycles. The van der Waals surface area contributed by atoms with E-state index in [2.05, 4.69) is 29.6 Å². The smallest absolute Gasteiger partial charge is 0.0662 e. The Morgan fingerprint density at radius 1 is 1.27 bits per heavy atom. The Bertz CT molecular complexity index is 248. The van der Waals surface area contributed by atoms with Crippen molar-refractivity contribution in [2.45, 2.75) is 32.3 Å². The van der Waals surface area contributed by atoms with E-state index >= 15 is 0 Å². The van der Waals surface area contributed by atoms with Crippen molar-refractivity contribution in [2.24, 2.45) is 0 Å². The number of benzene rings is 1. The second-order valence-electron chi connectivity index (χ2n) is 3.86. The van der Waals surface area contributed by atoms with Gasteiger partial charge in [0.1, 0.15) is 0 Å². The number of aliphatic hydroxyl groups is 1. The summed E-state index contributed by atoms with van der Waals surface area (Å²) in [6.45, 7) is 3.69. The van der Waals surface area contributed by atoms with E-state index in [1.807, 2.05) is 13.0 Å². The molecule has 0 radical (unpaired) electrons. The van der Waals surface area contributed by atoms with Gasteiger partial charge in [-0.25, -0.2) is 0 Å². The molecule has 1 aromatic carbocycles. The van der Waals surface area contributed by atoms with Crippen LogP contribution < -0.4 is 5.32 Å². The number of rotatable bonds is 7. The van der Waals surface area contributed by atoms with Crippen molar-refractivity contribution >= 4 is 0 Å². The zero-order valence-corrected chi connectivity index (χ0v) is 9.45. The van der Waals surface area contributed by atoms with E-state index in [4.69, 9.17) is 0 Å². The van der Waals surface area contributed by atoms with Crippen LogP contribution in [-0.2, 0) is 6.42 Å². The molecule has 0 amide bonds. The first-order valence-corrected chi connectivity index (χ1v) is 5.75. The number of aryl methyl sites for hydroxylation is 1. The molecular formula is C13H21NO. The summed E-state index contributed by atoms with van der Waals surface area (Å²) in [5, 5.41) is 12.6. The zero-order valence-electron chi connectivity index (χ0n) is 9.45. The van der Waals surface area contributed by atoms with Crippen LogP contribution in [0.4, 0.5) is 0 Å². The lowest BCUT2D eigenvalue weighted by molar-refractivity contribution is 0.167. The summed E-state index contributed by atoms with van der Waals surface area (Å²) >= 11 is 0. The second-order valence-corrected chi connectivity index (χ2v) is 3.86. The molecule has 0 heterocycles. The SMILES string of the molecule is CCC(O)CNCCCc1ccccc1. The topological polar surface area (TPSA) is 32.3 Å². The number of nitrogens with one attached hydrogen (secondary N) is 1. The first kappa shape index (κ1) is 12.2. The highest BCUT2D eigenvalue weighted by Crippen LogP contribution is 2.01. The Balaban J connectivity index is 2.03. The number of aliphatic hydroxyl groups excluding tert-OH is 1. The summed E-state index contributed by atoms with van der Waals surface area (Å²) < 4.78 is 0. The molecule has 0 bridgehead atoms. The third-order valence-corrected chi connectivity index (χ3v) is 2.51. The van der Waals surface area contributed by atoms with E-state index in [0.717, 1.165) is 25.8 Å². The highest BCUT2D eigenvalue weighted by Gasteiger charge is 1.98. The van der Waals surface area contributed by atoms with Gasteiger partial charge < -0.3 is 10.4 Å². The van der Waals surface area contributed by atoms with Gasteiger partial charge in [-0.15, -0.1) is 0 Å². The molecule has 1 rings (SSSR count). The van der Waals surface area contributed by atoms with Crippen molar-refractivity contribution in [3.63, 3.8) is 0 Å². The van der Waals surface area contributed by atoms with Gasteiger partial charge in [0, 0.05) is 6.54 Å². The van der Waals surface area contributed by atoms with Crippen LogP contribution in [0.1, 0.15) is 25.3 Å². The minimum atomic E-state index is -0.193. The fraction of sp³-hybridized carbons (Fsp3) is 0.538. The Hall–Kier alpha value is -0.860. The maximum atomic E-state index is 9.31. The molecule has 0 spiro atoms. The molecule has 0 fully saturated rings. The Kier molecular flexibility index (Phi) is 6.05. The van der Waals surface area contributed by atoms with Crippen LogP contribution in [0, 0.1) is 0 Å². The van der Waals surface area contributed by atoms with Crippen LogP contribution in [0.15, 0.2) is 30.3 Å². The largest absolute Gasteiger partial charge is 0.392 e. The molecule has 0 aliphatic carbocycles. The average molecular weight is 207 g/mol. The van der Waals surface area contributed by atoms with E-state index < -0.39 is 0 Å². The predicted molar refractivity (Wildman–Crippen MR) is 63.9 cm³/mol. The van der Waals surface area contributed by atoms with Gasteiger partial charge in [-0.3, -0.25) is 0 Å². The Morgan fingerprint density at radius 2 is 2.00 bits per heavy atom. The van der Waals surface area contributed by atoms with Gasteiger partial charge in [-0.05, 0) is 31.4 Å². The minimum Gasteiger partial charge on any atom is -0.392 e. The van der Waals surface area contributed by atoms with Crippen molar-refractivity contribution in [2.75, 3.05) is 13.1 Å². The van der Waals surface area contributed by atoms with Gasteiger partial charge in [0.15, 0.2) is 0 Å². The summed E-state index contributed by atoms with van der Waals surface area (Å²) in [6.07, 6.45) is 2.86. The third-order valence-electron chi connectivity index (χ3n) is 2.51. The summed E-state index contributed by atoms with van der Waals surface area (Å²) in [5.41, 5.74) is 1.38. The fourth-order valence-electron chi connectivity index (χ4n) is 1.48. The van der Waals surface area contributed by atoms with Crippen LogP contribution in [0.3, 0.4) is 0 Å². The van der Waals surface area contributed by atoms with Crippen LogP contribution in [0.5, 0.6) is 0 Å². The van der Waals surface area contributed by atoms with Gasteiger partial charge >= 0.3 is 0 Å². The Morgan fingerprint density at radius 3 is 2.67 bits per heavy atom. The van der Waals surface area contributed by atoms with E-state index in [0.29, 0.717) is 6.54 Å². The molecule has 84 valence electrons. The minimum absolute atomic E-state index is 0.193. The highest BCUT2D eigenvalue weighted by molar-refractivity contribution is 5.14. The predicted octanol–water partition coefficient (Wildman–Crippen LogP) is 1.98. The lowest BCUT2D eigenvalue weighted by Crippen LogP contribution is -2.27. The van der Waals surface area contributed by atoms with Crippen LogP contribution in [0.25, 0.3) is 0 Å². The molecule has 2 nitrogen and oxygen atoms in total. The molecule has 1 aromatic rings. The van der Waals surface area contributed by atoms with Crippen molar-refractivity contribution in [3.8, 4) is 0 Å². The second kappa shape index (κ2) is 7.43. The summed E-state index contributed by atoms with van der Waals surface area (Å²) in [4.78, 5) is 0. The van der Waals surface area contributed by atoms with E-state index in [1.54, 1.807) is 0 Å². The van der Waals surface area contributed by atoms with Crippen molar-refractivity contribution in [1.29, 1.82) is 0 Å². The fourth-order valence-corrected chi connectivity index (χ4v) is 1.48. The maximum Gasteiger partial charge on any atom is 0.0662 e. The van der Waals surface area contributed by atoms with E-state index in [1.165, 1.54) is 5.56 Å². The average Bonchev–Trinajstić information content (AvgIpc) is 2.29. The first-order valence-electron chi connectivity index (χ1n) is 5.75.